The van der Waals surface area contributed by atoms with Crippen molar-refractivity contribution in [3.63, 3.8) is 0 Å². The molecule has 4 rings (SSSR count). The van der Waals surface area contributed by atoms with E-state index in [2.05, 4.69) is 6.92 Å². The van der Waals surface area contributed by atoms with Crippen molar-refractivity contribution >= 4 is 38.5 Å². The van der Waals surface area contributed by atoms with Crippen LogP contribution in [0.25, 0.3) is 0 Å². The smallest absolute Gasteiger partial charge is 0.181 e. The van der Waals surface area contributed by atoms with Gasteiger partial charge in [-0.25, -0.2) is 8.42 Å². The Morgan fingerprint density at radius 1 is 1.03 bits per heavy atom. The summed E-state index contributed by atoms with van der Waals surface area (Å²) >= 11 is 5.85. The summed E-state index contributed by atoms with van der Waals surface area (Å²) in [4.78, 5) is 3.90. The molecule has 0 bridgehead atoms. The van der Waals surface area contributed by atoms with E-state index in [4.69, 9.17) is 21.7 Å². The second-order valence-corrected chi connectivity index (χ2v) is 10.1. The van der Waals surface area contributed by atoms with Crippen molar-refractivity contribution in [3.05, 3.63) is 48.5 Å². The maximum atomic E-state index is 12.5. The molecule has 0 amide bonds. The highest BCUT2D eigenvalue weighted by molar-refractivity contribution is 7.91. The zero-order chi connectivity index (χ0) is 21.3. The van der Waals surface area contributed by atoms with E-state index in [0.29, 0.717) is 17.5 Å². The van der Waals surface area contributed by atoms with Crippen molar-refractivity contribution in [1.29, 1.82) is 0 Å². The van der Waals surface area contributed by atoms with Crippen LogP contribution in [0.2, 0.25) is 0 Å². The molecule has 2 fully saturated rings. The summed E-state index contributed by atoms with van der Waals surface area (Å²) in [5, 5.41) is 0.587. The maximum absolute atomic E-state index is 12.5. The highest BCUT2D eigenvalue weighted by Crippen LogP contribution is 2.41. The minimum absolute atomic E-state index is 0.0740. The van der Waals surface area contributed by atoms with Gasteiger partial charge in [0.1, 0.15) is 11.5 Å². The van der Waals surface area contributed by atoms with Gasteiger partial charge in [-0.05, 0) is 55.0 Å². The van der Waals surface area contributed by atoms with Crippen LogP contribution in [0, 0.1) is 0 Å². The molecule has 0 aromatic heterocycles. The van der Waals surface area contributed by atoms with E-state index in [-0.39, 0.29) is 23.6 Å². The van der Waals surface area contributed by atoms with Gasteiger partial charge in [0.25, 0.3) is 0 Å². The first-order valence-electron chi connectivity index (χ1n) is 10.1. The second-order valence-electron chi connectivity index (χ2n) is 7.60. The van der Waals surface area contributed by atoms with Gasteiger partial charge in [0.05, 0.1) is 43.0 Å². The van der Waals surface area contributed by atoms with Crippen LogP contribution in [0.4, 0.5) is 11.4 Å². The third-order valence-corrected chi connectivity index (χ3v) is 7.69. The second kappa shape index (κ2) is 8.43. The van der Waals surface area contributed by atoms with Gasteiger partial charge in [-0.1, -0.05) is 25.5 Å². The van der Waals surface area contributed by atoms with E-state index in [9.17, 15) is 8.42 Å². The molecule has 2 aliphatic rings. The molecule has 8 heteroatoms. The van der Waals surface area contributed by atoms with Gasteiger partial charge in [-0.15, -0.1) is 0 Å². The van der Waals surface area contributed by atoms with Gasteiger partial charge >= 0.3 is 0 Å². The standard InChI is InChI=1S/C22H26N2O4S2/c1-3-4-13-28-17-11-9-16(10-12-17)23-19-14-30(25,26)15-20(19)24(22(23)29)18-7-5-6-8-21(18)27-2/h5-12,19-20H,3-4,13-15H2,1-2H3. The molecule has 2 heterocycles. The summed E-state index contributed by atoms with van der Waals surface area (Å²) in [6.45, 7) is 2.81. The van der Waals surface area contributed by atoms with Gasteiger partial charge in [0.2, 0.25) is 0 Å². The Morgan fingerprint density at radius 2 is 1.70 bits per heavy atom. The van der Waals surface area contributed by atoms with Crippen molar-refractivity contribution < 1.29 is 17.9 Å². The lowest BCUT2D eigenvalue weighted by molar-refractivity contribution is 0.309. The molecule has 160 valence electrons. The number of para-hydroxylation sites is 2. The first-order valence-corrected chi connectivity index (χ1v) is 12.4. The van der Waals surface area contributed by atoms with Crippen LogP contribution in [0.15, 0.2) is 48.5 Å². The summed E-state index contributed by atoms with van der Waals surface area (Å²) in [5.41, 5.74) is 1.66. The molecule has 0 N–H and O–H groups in total. The van der Waals surface area contributed by atoms with Crippen molar-refractivity contribution in [2.75, 3.05) is 35.0 Å². The third-order valence-electron chi connectivity index (χ3n) is 5.60. The van der Waals surface area contributed by atoms with E-state index >= 15 is 0 Å². The quantitative estimate of drug-likeness (QED) is 0.475. The number of methoxy groups -OCH3 is 1. The lowest BCUT2D eigenvalue weighted by atomic mass is 10.1. The van der Waals surface area contributed by atoms with Crippen LogP contribution >= 0.6 is 12.2 Å². The van der Waals surface area contributed by atoms with Gasteiger partial charge in [0.15, 0.2) is 14.9 Å². The Bertz CT molecular complexity index is 1020. The normalized spacial score (nSPS) is 22.3. The molecule has 0 radical (unpaired) electrons. The fourth-order valence-corrected chi connectivity index (χ4v) is 6.55. The highest BCUT2D eigenvalue weighted by atomic mass is 32.2. The average Bonchev–Trinajstić information content (AvgIpc) is 3.17. The summed E-state index contributed by atoms with van der Waals surface area (Å²) in [6, 6.07) is 14.8. The molecule has 2 aromatic carbocycles. The number of fused-ring (bicyclic) bond motifs is 1. The number of hydrogen-bond acceptors (Lipinski definition) is 5. The van der Waals surface area contributed by atoms with Gasteiger partial charge in [-0.2, -0.15) is 0 Å². The molecule has 0 saturated carbocycles. The monoisotopic (exact) mass is 446 g/mol. The third kappa shape index (κ3) is 3.86. The molecule has 2 saturated heterocycles. The maximum Gasteiger partial charge on any atom is 0.181 e. The minimum Gasteiger partial charge on any atom is -0.495 e. The van der Waals surface area contributed by atoms with Crippen molar-refractivity contribution in [2.45, 2.75) is 31.8 Å². The van der Waals surface area contributed by atoms with Crippen molar-refractivity contribution in [3.8, 4) is 11.5 Å². The van der Waals surface area contributed by atoms with E-state index in [1.807, 2.05) is 58.3 Å². The van der Waals surface area contributed by atoms with Crippen LogP contribution in [0.3, 0.4) is 0 Å². The van der Waals surface area contributed by atoms with E-state index in [1.54, 1.807) is 7.11 Å². The molecule has 0 aliphatic carbocycles. The van der Waals surface area contributed by atoms with Crippen LogP contribution < -0.4 is 19.3 Å². The first kappa shape index (κ1) is 20.9. The lowest BCUT2D eigenvalue weighted by Gasteiger charge is -2.27. The number of nitrogens with zero attached hydrogens (tertiary/aromatic N) is 2. The summed E-state index contributed by atoms with van der Waals surface area (Å²) in [7, 11) is -1.55. The topological polar surface area (TPSA) is 59.1 Å². The number of anilines is 2. The predicted octanol–water partition coefficient (Wildman–Crippen LogP) is 3.65. The molecule has 0 spiro atoms. The summed E-state index contributed by atoms with van der Waals surface area (Å²) in [5.74, 6) is 1.63. The predicted molar refractivity (Wildman–Crippen MR) is 124 cm³/mol. The largest absolute Gasteiger partial charge is 0.495 e. The molecular formula is C22H26N2O4S2. The Morgan fingerprint density at radius 3 is 2.37 bits per heavy atom. The molecule has 2 atom stereocenters. The van der Waals surface area contributed by atoms with Gasteiger partial charge < -0.3 is 19.3 Å². The molecular weight excluding hydrogens is 420 g/mol. The molecule has 2 aliphatic heterocycles. The van der Waals surface area contributed by atoms with Crippen LogP contribution in [-0.2, 0) is 9.84 Å². The Hall–Kier alpha value is -2.32. The summed E-state index contributed by atoms with van der Waals surface area (Å²) in [6.07, 6.45) is 2.09. The Labute approximate surface area is 183 Å². The van der Waals surface area contributed by atoms with Crippen LogP contribution in [0.5, 0.6) is 11.5 Å². The first-order chi connectivity index (χ1) is 14.4. The molecule has 2 aromatic rings. The SMILES string of the molecule is CCCCOc1ccc(N2C(=S)N(c3ccccc3OC)C3CS(=O)(=O)CC32)cc1. The number of sulfone groups is 1. The number of rotatable bonds is 7. The number of hydrogen-bond donors (Lipinski definition) is 0. The van der Waals surface area contributed by atoms with Crippen molar-refractivity contribution in [1.82, 2.24) is 0 Å². The number of ether oxygens (including phenoxy) is 2. The zero-order valence-electron chi connectivity index (χ0n) is 17.2. The van der Waals surface area contributed by atoms with E-state index in [0.717, 1.165) is 30.0 Å². The molecule has 30 heavy (non-hydrogen) atoms. The Balaban J connectivity index is 1.67. The van der Waals surface area contributed by atoms with E-state index < -0.39 is 9.84 Å². The number of benzene rings is 2. The molecule has 6 nitrogen and oxygen atoms in total. The van der Waals surface area contributed by atoms with E-state index in [1.165, 1.54) is 0 Å². The van der Waals surface area contributed by atoms with Crippen LogP contribution in [0.1, 0.15) is 19.8 Å². The zero-order valence-corrected chi connectivity index (χ0v) is 18.8. The van der Waals surface area contributed by atoms with Crippen molar-refractivity contribution in [2.24, 2.45) is 0 Å². The lowest BCUT2D eigenvalue weighted by Crippen LogP contribution is -2.37. The van der Waals surface area contributed by atoms with Crippen LogP contribution in [-0.4, -0.2) is 50.8 Å². The molecule has 2 unspecified atom stereocenters. The number of thiocarbonyl (C=S) groups is 1. The number of unbranched alkanes of at least 4 members (excludes halogenated alkanes) is 1. The fraction of sp³-hybridized carbons (Fsp3) is 0.409. The van der Waals surface area contributed by atoms with Gasteiger partial charge in [-0.3, -0.25) is 0 Å². The Kier molecular flexibility index (Phi) is 5.88. The van der Waals surface area contributed by atoms with Gasteiger partial charge in [0, 0.05) is 5.69 Å². The average molecular weight is 447 g/mol. The highest BCUT2D eigenvalue weighted by Gasteiger charge is 2.53. The minimum atomic E-state index is -3.16. The fourth-order valence-electron chi connectivity index (χ4n) is 4.15. The summed E-state index contributed by atoms with van der Waals surface area (Å²) < 4.78 is 36.3.